The average molecular weight is 604 g/mol. The predicted molar refractivity (Wildman–Crippen MR) is 159 cm³/mol. The lowest BCUT2D eigenvalue weighted by Gasteiger charge is -2.39. The Morgan fingerprint density at radius 3 is 2.37 bits per heavy atom. The number of aryl methyl sites for hydroxylation is 1. The summed E-state index contributed by atoms with van der Waals surface area (Å²) in [5.41, 5.74) is 1.68. The highest BCUT2D eigenvalue weighted by atomic mass is 35.5. The summed E-state index contributed by atoms with van der Waals surface area (Å²) in [6, 6.07) is 11.2. The van der Waals surface area contributed by atoms with Crippen molar-refractivity contribution in [3.63, 3.8) is 0 Å². The predicted octanol–water partition coefficient (Wildman–Crippen LogP) is 4.25. The van der Waals surface area contributed by atoms with Gasteiger partial charge in [-0.05, 0) is 94.8 Å². The number of amides is 1. The van der Waals surface area contributed by atoms with Gasteiger partial charge in [0.2, 0.25) is 15.9 Å². The van der Waals surface area contributed by atoms with Crippen LogP contribution in [0.15, 0.2) is 47.4 Å². The molecule has 0 aliphatic carbocycles. The molecule has 0 saturated carbocycles. The van der Waals surface area contributed by atoms with Crippen molar-refractivity contribution in [1.82, 2.24) is 14.9 Å². The Morgan fingerprint density at radius 1 is 1.10 bits per heavy atom. The van der Waals surface area contributed by atoms with Crippen molar-refractivity contribution >= 4 is 38.9 Å². The van der Waals surface area contributed by atoms with E-state index in [1.807, 2.05) is 30.0 Å². The molecule has 2 aromatic carbocycles. The SMILES string of the molecule is Cc1ccc(N(CCCN2C3CCC2CC(NS(=O)(=O)c2ccc([N+](=O)[O-])cc2)C3)C(=O)C2CCNCC2)cc1Cl. The maximum atomic E-state index is 13.6. The number of nitro benzene ring substituents is 1. The molecule has 2 N–H and O–H groups in total. The molecule has 3 fully saturated rings. The number of sulfonamides is 1. The van der Waals surface area contributed by atoms with E-state index in [9.17, 15) is 23.3 Å². The minimum absolute atomic E-state index is 0.00651. The first-order valence-corrected chi connectivity index (χ1v) is 16.3. The third-order valence-corrected chi connectivity index (χ3v) is 10.7. The monoisotopic (exact) mass is 603 g/mol. The standard InChI is InChI=1S/C29H38ClN5O5S/c1-20-3-4-26(19-28(20)30)34(29(36)21-11-13-31-14-12-21)16-2-15-33-24-5-6-25(33)18-22(17-24)32-41(39,40)27-9-7-23(8-10-27)35(37)38/h3-4,7-10,19,21-22,24-25,31-32H,2,5-6,11-18H2,1H3. The molecule has 3 aliphatic rings. The van der Waals surface area contributed by atoms with Crippen molar-refractivity contribution in [2.45, 2.75) is 74.9 Å². The van der Waals surface area contributed by atoms with Gasteiger partial charge in [0, 0.05) is 60.0 Å². The van der Waals surface area contributed by atoms with Crippen LogP contribution in [-0.2, 0) is 14.8 Å². The van der Waals surface area contributed by atoms with Gasteiger partial charge in [-0.25, -0.2) is 13.1 Å². The van der Waals surface area contributed by atoms with Crippen molar-refractivity contribution in [3.05, 3.63) is 63.2 Å². The van der Waals surface area contributed by atoms with Crippen molar-refractivity contribution < 1.29 is 18.1 Å². The Bertz CT molecular complexity index is 1350. The second-order valence-corrected chi connectivity index (χ2v) is 13.6. The van der Waals surface area contributed by atoms with Gasteiger partial charge in [-0.3, -0.25) is 19.8 Å². The molecule has 0 spiro atoms. The normalized spacial score (nSPS) is 23.4. The maximum Gasteiger partial charge on any atom is 0.269 e. The zero-order valence-electron chi connectivity index (χ0n) is 23.3. The van der Waals surface area contributed by atoms with E-state index < -0.39 is 14.9 Å². The number of carbonyl (C=O) groups is 1. The first kappa shape index (κ1) is 29.9. The second-order valence-electron chi connectivity index (χ2n) is 11.5. The molecule has 0 aromatic heterocycles. The van der Waals surface area contributed by atoms with Crippen LogP contribution in [0.25, 0.3) is 0 Å². The van der Waals surface area contributed by atoms with Gasteiger partial charge in [0.25, 0.3) is 5.69 Å². The minimum Gasteiger partial charge on any atom is -0.317 e. The summed E-state index contributed by atoms with van der Waals surface area (Å²) in [7, 11) is -3.78. The van der Waals surface area contributed by atoms with E-state index in [1.54, 1.807) is 0 Å². The average Bonchev–Trinajstić information content (AvgIpc) is 3.20. The molecule has 3 aliphatic heterocycles. The fourth-order valence-corrected chi connectivity index (χ4v) is 8.02. The van der Waals surface area contributed by atoms with Crippen molar-refractivity contribution in [1.29, 1.82) is 0 Å². The summed E-state index contributed by atoms with van der Waals surface area (Å²) >= 11 is 6.44. The molecule has 0 radical (unpaired) electrons. The van der Waals surface area contributed by atoms with Crippen LogP contribution in [0.1, 0.15) is 50.5 Å². The minimum atomic E-state index is -3.78. The van der Waals surface area contributed by atoms with Gasteiger partial charge in [0.1, 0.15) is 0 Å². The number of hydrogen-bond donors (Lipinski definition) is 2. The van der Waals surface area contributed by atoms with Crippen molar-refractivity contribution in [2.75, 3.05) is 31.1 Å². The molecule has 3 saturated heterocycles. The zero-order valence-corrected chi connectivity index (χ0v) is 24.9. The van der Waals surface area contributed by atoms with Crippen LogP contribution >= 0.6 is 11.6 Å². The van der Waals surface area contributed by atoms with Crippen LogP contribution in [0.3, 0.4) is 0 Å². The third kappa shape index (κ3) is 6.91. The fraction of sp³-hybridized carbons (Fsp3) is 0.552. The lowest BCUT2D eigenvalue weighted by Crippen LogP contribution is -2.51. The molecule has 1 amide bonds. The van der Waals surface area contributed by atoms with E-state index in [1.165, 1.54) is 24.3 Å². The van der Waals surface area contributed by atoms with E-state index in [-0.39, 0.29) is 40.5 Å². The highest BCUT2D eigenvalue weighted by Gasteiger charge is 2.41. The molecule has 5 rings (SSSR count). The fourth-order valence-electron chi connectivity index (χ4n) is 6.59. The van der Waals surface area contributed by atoms with E-state index in [4.69, 9.17) is 11.6 Å². The Balaban J connectivity index is 1.20. The van der Waals surface area contributed by atoms with Gasteiger partial charge < -0.3 is 10.2 Å². The molecule has 41 heavy (non-hydrogen) atoms. The van der Waals surface area contributed by atoms with Gasteiger partial charge in [-0.2, -0.15) is 0 Å². The molecule has 2 atom stereocenters. The first-order valence-electron chi connectivity index (χ1n) is 14.4. The number of carbonyl (C=O) groups excluding carboxylic acids is 1. The first-order chi connectivity index (χ1) is 19.6. The van der Waals surface area contributed by atoms with Gasteiger partial charge in [0.15, 0.2) is 0 Å². The number of rotatable bonds is 10. The summed E-state index contributed by atoms with van der Waals surface area (Å²) in [4.78, 5) is 28.4. The number of non-ortho nitro benzene ring substituents is 1. The highest BCUT2D eigenvalue weighted by Crippen LogP contribution is 2.36. The lowest BCUT2D eigenvalue weighted by atomic mass is 9.96. The number of piperidine rings is 2. The highest BCUT2D eigenvalue weighted by molar-refractivity contribution is 7.89. The number of nitro groups is 1. The van der Waals surface area contributed by atoms with Crippen LogP contribution in [-0.4, -0.2) is 68.5 Å². The number of fused-ring (bicyclic) bond motifs is 2. The Hall–Kier alpha value is -2.57. The van der Waals surface area contributed by atoms with E-state index in [0.29, 0.717) is 24.4 Å². The Kier molecular flexibility index (Phi) is 9.30. The van der Waals surface area contributed by atoms with Crippen LogP contribution < -0.4 is 14.9 Å². The van der Waals surface area contributed by atoms with Crippen LogP contribution in [0.2, 0.25) is 5.02 Å². The van der Waals surface area contributed by atoms with Crippen molar-refractivity contribution in [2.24, 2.45) is 5.92 Å². The van der Waals surface area contributed by atoms with Gasteiger partial charge in [0.05, 0.1) is 9.82 Å². The number of nitrogens with zero attached hydrogens (tertiary/aromatic N) is 3. The molecule has 2 unspecified atom stereocenters. The van der Waals surface area contributed by atoms with Crippen LogP contribution in [0.5, 0.6) is 0 Å². The molecular weight excluding hydrogens is 566 g/mol. The summed E-state index contributed by atoms with van der Waals surface area (Å²) in [5.74, 6) is 0.167. The number of hydrogen-bond acceptors (Lipinski definition) is 7. The Morgan fingerprint density at radius 2 is 1.76 bits per heavy atom. The summed E-state index contributed by atoms with van der Waals surface area (Å²) in [6.07, 6.45) is 5.96. The molecule has 2 aromatic rings. The topological polar surface area (TPSA) is 125 Å². The Labute approximate surface area is 246 Å². The van der Waals surface area contributed by atoms with Gasteiger partial charge in [-0.15, -0.1) is 0 Å². The quantitative estimate of drug-likeness (QED) is 0.307. The van der Waals surface area contributed by atoms with E-state index >= 15 is 0 Å². The lowest BCUT2D eigenvalue weighted by molar-refractivity contribution is -0.384. The number of anilines is 1. The third-order valence-electron chi connectivity index (χ3n) is 8.78. The maximum absolute atomic E-state index is 13.6. The van der Waals surface area contributed by atoms with Crippen LogP contribution in [0.4, 0.5) is 11.4 Å². The molecule has 222 valence electrons. The summed E-state index contributed by atoms with van der Waals surface area (Å²) < 4.78 is 28.8. The second kappa shape index (κ2) is 12.7. The van der Waals surface area contributed by atoms with Crippen molar-refractivity contribution in [3.8, 4) is 0 Å². The van der Waals surface area contributed by atoms with Gasteiger partial charge >= 0.3 is 0 Å². The summed E-state index contributed by atoms with van der Waals surface area (Å²) in [6.45, 7) is 5.11. The zero-order chi connectivity index (χ0) is 29.1. The van der Waals surface area contributed by atoms with E-state index in [2.05, 4.69) is 14.9 Å². The molecule has 2 bridgehead atoms. The smallest absolute Gasteiger partial charge is 0.269 e. The number of halogens is 1. The van der Waals surface area contributed by atoms with E-state index in [0.717, 1.165) is 63.0 Å². The van der Waals surface area contributed by atoms with Gasteiger partial charge in [-0.1, -0.05) is 17.7 Å². The number of nitrogens with one attached hydrogen (secondary N) is 2. The van der Waals surface area contributed by atoms with Crippen LogP contribution in [0, 0.1) is 23.0 Å². The summed E-state index contributed by atoms with van der Waals surface area (Å²) in [5, 5.41) is 14.9. The molecular formula is C29H38ClN5O5S. The largest absolute Gasteiger partial charge is 0.317 e. The molecule has 12 heteroatoms. The molecule has 3 heterocycles. The number of benzene rings is 2. The molecule has 10 nitrogen and oxygen atoms in total.